The van der Waals surface area contributed by atoms with Crippen molar-refractivity contribution < 1.29 is 18.7 Å². The van der Waals surface area contributed by atoms with E-state index < -0.39 is 23.2 Å². The molecule has 0 aliphatic carbocycles. The van der Waals surface area contributed by atoms with E-state index in [1.54, 1.807) is 36.4 Å². The van der Waals surface area contributed by atoms with Gasteiger partial charge in [-0.1, -0.05) is 35.9 Å². The topological polar surface area (TPSA) is 142 Å². The smallest absolute Gasteiger partial charge is 0.200 e. The number of halogens is 2. The third-order valence-electron chi connectivity index (χ3n) is 6.29. The Morgan fingerprint density at radius 1 is 0.951 bits per heavy atom. The first-order chi connectivity index (χ1) is 19.7. The number of aromatic amines is 1. The molecule has 5 rings (SSSR count). The number of rotatable bonds is 8. The van der Waals surface area contributed by atoms with Crippen molar-refractivity contribution in [2.75, 3.05) is 5.32 Å². The number of ketones is 1. The van der Waals surface area contributed by atoms with Gasteiger partial charge in [0.15, 0.2) is 5.96 Å². The van der Waals surface area contributed by atoms with Crippen LogP contribution < -0.4 is 16.8 Å². The average molecular weight is 553 g/mol. The van der Waals surface area contributed by atoms with Crippen molar-refractivity contribution >= 4 is 45.5 Å². The molecule has 0 bridgehead atoms. The minimum Gasteiger partial charge on any atom is -0.506 e. The molecule has 0 spiro atoms. The number of Topliss-reactive ketones (excluding diaryl/α,β-unsaturated/α-hetero) is 1. The zero-order valence-corrected chi connectivity index (χ0v) is 22.0. The van der Waals surface area contributed by atoms with Gasteiger partial charge in [-0.15, -0.1) is 0 Å². The molecule has 0 atom stereocenters. The molecule has 0 amide bonds. The van der Waals surface area contributed by atoms with Crippen molar-refractivity contribution in [1.82, 2.24) is 9.97 Å². The van der Waals surface area contributed by atoms with Crippen LogP contribution in [-0.4, -0.2) is 26.8 Å². The molecule has 5 aromatic rings. The van der Waals surface area contributed by atoms with Gasteiger partial charge in [0, 0.05) is 29.4 Å². The lowest BCUT2D eigenvalue weighted by molar-refractivity contribution is 0.105. The molecule has 0 radical (unpaired) electrons. The molecule has 4 aromatic carbocycles. The summed E-state index contributed by atoms with van der Waals surface area (Å²) < 4.78 is 28.0. The molecule has 41 heavy (non-hydrogen) atoms. The van der Waals surface area contributed by atoms with Crippen molar-refractivity contribution in [2.24, 2.45) is 16.5 Å². The second-order valence-electron chi connectivity index (χ2n) is 9.45. The number of nitrogens with two attached hydrogens (primary N) is 2. The molecule has 7 N–H and O–H groups in total. The number of aliphatic hydroxyl groups excluding tert-OH is 1. The molecule has 0 aliphatic rings. The number of guanidine groups is 1. The van der Waals surface area contributed by atoms with Gasteiger partial charge >= 0.3 is 0 Å². The maximum absolute atomic E-state index is 14.0. The second-order valence-corrected chi connectivity index (χ2v) is 9.45. The Morgan fingerprint density at radius 2 is 1.68 bits per heavy atom. The number of H-pyrrole nitrogens is 1. The molecule has 1 aromatic heterocycles. The van der Waals surface area contributed by atoms with Crippen LogP contribution in [0.3, 0.4) is 0 Å². The normalized spacial score (nSPS) is 11.7. The van der Waals surface area contributed by atoms with Crippen LogP contribution in [-0.2, 0) is 6.54 Å². The Balaban J connectivity index is 1.49. The number of carbonyl (C=O) groups excluding carboxylic acids is 1. The van der Waals surface area contributed by atoms with E-state index in [1.165, 1.54) is 0 Å². The number of hydrogen-bond acceptors (Lipinski definition) is 5. The fraction of sp³-hybridized carbons (Fsp3) is 0.0645. The number of aromatic nitrogens is 2. The van der Waals surface area contributed by atoms with Gasteiger partial charge in [-0.25, -0.2) is 18.8 Å². The molecule has 1 heterocycles. The maximum Gasteiger partial charge on any atom is 0.200 e. The second kappa shape index (κ2) is 11.3. The summed E-state index contributed by atoms with van der Waals surface area (Å²) in [6, 6.07) is 22.2. The number of aliphatic hydroxyl groups is 1. The van der Waals surface area contributed by atoms with Gasteiger partial charge in [-0.2, -0.15) is 0 Å². The van der Waals surface area contributed by atoms with Gasteiger partial charge < -0.3 is 26.9 Å². The SMILES string of the molecule is Cc1cccc(C(=O)C(=C(O)c2cc(F)cc(F)c2)c2nc3ccc(NCc4ccc(N=C(N)N)cc4)cc3[nH]2)c1. The van der Waals surface area contributed by atoms with Crippen molar-refractivity contribution in [3.63, 3.8) is 0 Å². The van der Waals surface area contributed by atoms with Crippen LogP contribution in [0.25, 0.3) is 22.4 Å². The van der Waals surface area contributed by atoms with E-state index in [1.807, 2.05) is 37.3 Å². The number of fused-ring (bicyclic) bond motifs is 1. The molecular formula is C31H26F2N6O2. The van der Waals surface area contributed by atoms with Gasteiger partial charge in [0.05, 0.1) is 16.7 Å². The number of aliphatic imine (C=N–C) groups is 1. The number of anilines is 1. The molecule has 0 saturated carbocycles. The van der Waals surface area contributed by atoms with Crippen molar-refractivity contribution in [3.05, 3.63) is 125 Å². The van der Waals surface area contributed by atoms with Crippen LogP contribution in [0.5, 0.6) is 0 Å². The summed E-state index contributed by atoms with van der Waals surface area (Å²) in [7, 11) is 0. The molecule has 0 fully saturated rings. The maximum atomic E-state index is 14.0. The fourth-order valence-electron chi connectivity index (χ4n) is 4.37. The Morgan fingerprint density at radius 3 is 2.37 bits per heavy atom. The van der Waals surface area contributed by atoms with Gasteiger partial charge in [0.1, 0.15) is 28.8 Å². The Bertz CT molecular complexity index is 1800. The zero-order valence-electron chi connectivity index (χ0n) is 22.0. The fourth-order valence-corrected chi connectivity index (χ4v) is 4.37. The van der Waals surface area contributed by atoms with E-state index in [0.717, 1.165) is 28.9 Å². The third kappa shape index (κ3) is 6.22. The predicted octanol–water partition coefficient (Wildman–Crippen LogP) is 5.98. The summed E-state index contributed by atoms with van der Waals surface area (Å²) >= 11 is 0. The largest absolute Gasteiger partial charge is 0.506 e. The van der Waals surface area contributed by atoms with Gasteiger partial charge in [-0.05, 0) is 61.0 Å². The van der Waals surface area contributed by atoms with Crippen molar-refractivity contribution in [3.8, 4) is 0 Å². The highest BCUT2D eigenvalue weighted by Gasteiger charge is 2.24. The highest BCUT2D eigenvalue weighted by molar-refractivity contribution is 6.33. The van der Waals surface area contributed by atoms with E-state index in [-0.39, 0.29) is 28.5 Å². The highest BCUT2D eigenvalue weighted by Crippen LogP contribution is 2.30. The number of benzene rings is 4. The van der Waals surface area contributed by atoms with E-state index in [9.17, 15) is 18.7 Å². The van der Waals surface area contributed by atoms with Gasteiger partial charge in [0.25, 0.3) is 0 Å². The van der Waals surface area contributed by atoms with Crippen LogP contribution in [0.4, 0.5) is 20.2 Å². The minimum atomic E-state index is -0.889. The molecule has 10 heteroatoms. The summed E-state index contributed by atoms with van der Waals surface area (Å²) in [5.41, 5.74) is 15.1. The van der Waals surface area contributed by atoms with E-state index in [2.05, 4.69) is 20.3 Å². The van der Waals surface area contributed by atoms with E-state index in [0.29, 0.717) is 29.3 Å². The van der Waals surface area contributed by atoms with Crippen LogP contribution in [0.2, 0.25) is 0 Å². The van der Waals surface area contributed by atoms with E-state index in [4.69, 9.17) is 11.5 Å². The standard InChI is InChI=1S/C31H26F2N6O2/c1-17-3-2-4-19(11-17)28(40)27(29(41)20-12-21(32)14-22(33)13-20)30-38-25-10-9-24(15-26(25)39-30)36-16-18-5-7-23(8-6-18)37-31(34)35/h2-15,36,41H,16H2,1H3,(H,38,39)(H4,34,35,37). The van der Waals surface area contributed by atoms with Gasteiger partial charge in [-0.3, -0.25) is 4.79 Å². The number of allylic oxidation sites excluding steroid dienone is 1. The van der Waals surface area contributed by atoms with E-state index >= 15 is 0 Å². The molecule has 206 valence electrons. The number of imidazole rings is 1. The quantitative estimate of drug-likeness (QED) is 0.0527. The number of nitrogens with one attached hydrogen (secondary N) is 2. The summed E-state index contributed by atoms with van der Waals surface area (Å²) in [6.45, 7) is 2.34. The number of carbonyl (C=O) groups is 1. The van der Waals surface area contributed by atoms with Crippen LogP contribution >= 0.6 is 0 Å². The lowest BCUT2D eigenvalue weighted by atomic mass is 9.97. The molecule has 0 unspecified atom stereocenters. The zero-order chi connectivity index (χ0) is 29.1. The third-order valence-corrected chi connectivity index (χ3v) is 6.29. The lowest BCUT2D eigenvalue weighted by Gasteiger charge is -2.10. The molecule has 0 aliphatic heterocycles. The minimum absolute atomic E-state index is 0.0156. The first kappa shape index (κ1) is 27.1. The lowest BCUT2D eigenvalue weighted by Crippen LogP contribution is -2.21. The first-order valence-corrected chi connectivity index (χ1v) is 12.6. The summed E-state index contributed by atoms with van der Waals surface area (Å²) in [5.74, 6) is -2.90. The Kier molecular flexibility index (Phi) is 7.47. The van der Waals surface area contributed by atoms with Gasteiger partial charge in [0.2, 0.25) is 5.78 Å². The van der Waals surface area contributed by atoms with Crippen LogP contribution in [0.1, 0.15) is 32.9 Å². The molecule has 0 saturated heterocycles. The van der Waals surface area contributed by atoms with Crippen molar-refractivity contribution in [1.29, 1.82) is 0 Å². The van der Waals surface area contributed by atoms with Crippen molar-refractivity contribution in [2.45, 2.75) is 13.5 Å². The summed E-state index contributed by atoms with van der Waals surface area (Å²) in [4.78, 5) is 25.3. The Labute approximate surface area is 234 Å². The molecular weight excluding hydrogens is 526 g/mol. The van der Waals surface area contributed by atoms with Crippen LogP contribution in [0.15, 0.2) is 89.9 Å². The highest BCUT2D eigenvalue weighted by atomic mass is 19.1. The summed E-state index contributed by atoms with van der Waals surface area (Å²) in [5, 5.41) is 14.5. The number of nitrogens with zero attached hydrogens (tertiary/aromatic N) is 2. The molecule has 8 nitrogen and oxygen atoms in total. The monoisotopic (exact) mass is 552 g/mol. The Hall–Kier alpha value is -5.51. The average Bonchev–Trinajstić information content (AvgIpc) is 3.34. The predicted molar refractivity (Wildman–Crippen MR) is 157 cm³/mol. The number of hydrogen-bond donors (Lipinski definition) is 5. The van der Waals surface area contributed by atoms with Crippen LogP contribution in [0, 0.1) is 18.6 Å². The summed E-state index contributed by atoms with van der Waals surface area (Å²) in [6.07, 6.45) is 0. The first-order valence-electron chi connectivity index (χ1n) is 12.6. The number of aryl methyl sites for hydroxylation is 1.